The van der Waals surface area contributed by atoms with E-state index in [1.807, 2.05) is 66.7 Å². The maximum Gasteiger partial charge on any atom is 0.271 e. The van der Waals surface area contributed by atoms with Crippen LogP contribution in [0.5, 0.6) is 11.5 Å². The zero-order chi connectivity index (χ0) is 31.1. The molecule has 0 bridgehead atoms. The molecule has 0 radical (unpaired) electrons. The Labute approximate surface area is 282 Å². The molecule has 0 N–H and O–H groups in total. The Morgan fingerprint density at radius 3 is 2.69 bits per heavy atom. The Bertz CT molecular complexity index is 2250. The number of benzene rings is 4. The van der Waals surface area contributed by atoms with Gasteiger partial charge in [-0.25, -0.2) is 4.99 Å². The van der Waals surface area contributed by atoms with Crippen LogP contribution >= 0.6 is 45.5 Å². The number of hydrogen-bond donors (Lipinski definition) is 0. The smallest absolute Gasteiger partial charge is 0.271 e. The average molecular weight is 742 g/mol. The molecule has 1 aromatic heterocycles. The monoisotopic (exact) mass is 741 g/mol. The van der Waals surface area contributed by atoms with Crippen molar-refractivity contribution in [3.05, 3.63) is 152 Å². The standard InChI is InChI=1S/C36H25ClIN3O3S/c1-43-30-17-21(16-29(38)34(30)44-20-24-10-3-2-9-23(24)19-39)18-31-35(42)41-33(26-12-6-7-13-28(26)37)27-15-14-22-8-4-5-11-25(22)32(27)40-36(41)45-31/h2-13,16-18,33H,14-15,20H2,1H3/b31-18+. The second kappa shape index (κ2) is 12.3. The van der Waals surface area contributed by atoms with E-state index in [0.717, 1.165) is 49.9 Å². The highest BCUT2D eigenvalue weighted by Gasteiger charge is 2.33. The van der Waals surface area contributed by atoms with Crippen molar-refractivity contribution in [2.75, 3.05) is 7.11 Å². The van der Waals surface area contributed by atoms with E-state index in [1.54, 1.807) is 17.7 Å². The van der Waals surface area contributed by atoms with Crippen LogP contribution in [0.25, 0.3) is 11.8 Å². The van der Waals surface area contributed by atoms with E-state index < -0.39 is 0 Å². The third kappa shape index (κ3) is 5.39. The topological polar surface area (TPSA) is 76.6 Å². The fourth-order valence-corrected chi connectivity index (χ4v) is 8.04. The van der Waals surface area contributed by atoms with Gasteiger partial charge in [0.1, 0.15) is 6.61 Å². The summed E-state index contributed by atoms with van der Waals surface area (Å²) < 4.78 is 15.0. The van der Waals surface area contributed by atoms with Crippen LogP contribution in [-0.4, -0.2) is 11.7 Å². The Kier molecular flexibility index (Phi) is 8.08. The molecule has 1 atom stereocenters. The molecule has 222 valence electrons. The number of rotatable bonds is 6. The molecule has 0 spiro atoms. The first-order chi connectivity index (χ1) is 22.0. The molecular formula is C36H25ClIN3O3S. The number of thiazole rings is 1. The molecule has 2 heterocycles. The van der Waals surface area contributed by atoms with Crippen LogP contribution in [0.3, 0.4) is 0 Å². The summed E-state index contributed by atoms with van der Waals surface area (Å²) in [6.45, 7) is 0.226. The van der Waals surface area contributed by atoms with Gasteiger partial charge >= 0.3 is 0 Å². The highest BCUT2D eigenvalue weighted by atomic mass is 127. The lowest BCUT2D eigenvalue weighted by atomic mass is 9.83. The van der Waals surface area contributed by atoms with E-state index in [0.29, 0.717) is 31.4 Å². The Hall–Kier alpha value is -4.17. The molecule has 0 saturated heterocycles. The van der Waals surface area contributed by atoms with Gasteiger partial charge in [0.2, 0.25) is 0 Å². The Balaban J connectivity index is 1.33. The normalized spacial score (nSPS) is 15.4. The van der Waals surface area contributed by atoms with Gasteiger partial charge in [-0.1, -0.05) is 83.6 Å². The molecule has 0 amide bonds. The molecular weight excluding hydrogens is 717 g/mol. The molecule has 6 nitrogen and oxygen atoms in total. The van der Waals surface area contributed by atoms with Gasteiger partial charge in [-0.05, 0) is 88.0 Å². The average Bonchev–Trinajstić information content (AvgIpc) is 3.37. The number of aryl methyl sites for hydroxylation is 1. The van der Waals surface area contributed by atoms with Crippen molar-refractivity contribution >= 4 is 57.3 Å². The van der Waals surface area contributed by atoms with Gasteiger partial charge in [0.05, 0.1) is 38.6 Å². The van der Waals surface area contributed by atoms with Crippen LogP contribution in [0.2, 0.25) is 5.02 Å². The van der Waals surface area contributed by atoms with Crippen molar-refractivity contribution in [2.24, 2.45) is 4.99 Å². The molecule has 1 aliphatic heterocycles. The van der Waals surface area contributed by atoms with Crippen molar-refractivity contribution in [2.45, 2.75) is 25.5 Å². The lowest BCUT2D eigenvalue weighted by Crippen LogP contribution is -2.38. The van der Waals surface area contributed by atoms with E-state index in [9.17, 15) is 10.1 Å². The fourth-order valence-electron chi connectivity index (χ4n) is 6.02. The third-order valence-electron chi connectivity index (χ3n) is 8.13. The first kappa shape index (κ1) is 29.5. The quantitative estimate of drug-likeness (QED) is 0.175. The first-order valence-corrected chi connectivity index (χ1v) is 16.6. The maximum absolute atomic E-state index is 14.2. The van der Waals surface area contributed by atoms with E-state index in [1.165, 1.54) is 16.9 Å². The summed E-state index contributed by atoms with van der Waals surface area (Å²) in [5.74, 6) is 1.12. The molecule has 45 heavy (non-hydrogen) atoms. The van der Waals surface area contributed by atoms with E-state index in [4.69, 9.17) is 26.1 Å². The molecule has 7 rings (SSSR count). The fraction of sp³-hybridized carbons (Fsp3) is 0.139. The number of halogens is 2. The SMILES string of the molecule is COc1cc(/C=c2/sc3n(c2=O)C(c2ccccc2Cl)C2=C(N=3)c3ccccc3CC2)cc(I)c1OCc1ccccc1C#N. The van der Waals surface area contributed by atoms with Gasteiger partial charge in [-0.2, -0.15) is 5.26 Å². The van der Waals surface area contributed by atoms with Crippen molar-refractivity contribution in [3.8, 4) is 17.6 Å². The lowest BCUT2D eigenvalue weighted by molar-refractivity contribution is 0.282. The van der Waals surface area contributed by atoms with Crippen LogP contribution in [0.4, 0.5) is 0 Å². The van der Waals surface area contributed by atoms with Crippen molar-refractivity contribution in [1.29, 1.82) is 5.26 Å². The van der Waals surface area contributed by atoms with Crippen molar-refractivity contribution < 1.29 is 9.47 Å². The van der Waals surface area contributed by atoms with Crippen LogP contribution < -0.4 is 24.4 Å². The van der Waals surface area contributed by atoms with Crippen LogP contribution in [0.15, 0.2) is 100 Å². The minimum absolute atomic E-state index is 0.114. The highest BCUT2D eigenvalue weighted by Crippen LogP contribution is 2.42. The third-order valence-corrected chi connectivity index (χ3v) is 10.3. The minimum Gasteiger partial charge on any atom is -0.493 e. The van der Waals surface area contributed by atoms with E-state index >= 15 is 0 Å². The number of allylic oxidation sites excluding steroid dienone is 1. The van der Waals surface area contributed by atoms with Crippen molar-refractivity contribution in [1.82, 2.24) is 4.57 Å². The zero-order valence-electron chi connectivity index (χ0n) is 24.1. The summed E-state index contributed by atoms with van der Waals surface area (Å²) in [6, 6.07) is 29.1. The number of fused-ring (bicyclic) bond motifs is 3. The van der Waals surface area contributed by atoms with E-state index in [-0.39, 0.29) is 18.2 Å². The van der Waals surface area contributed by atoms with Gasteiger partial charge in [-0.15, -0.1) is 0 Å². The molecule has 5 aromatic rings. The largest absolute Gasteiger partial charge is 0.493 e. The second-order valence-corrected chi connectivity index (χ2v) is 13.3. The van der Waals surface area contributed by atoms with Crippen LogP contribution in [0, 0.1) is 14.9 Å². The summed E-state index contributed by atoms with van der Waals surface area (Å²) in [5, 5.41) is 10.1. The number of nitrogens with zero attached hydrogens (tertiary/aromatic N) is 3. The number of hydrogen-bond acceptors (Lipinski definition) is 6. The predicted molar refractivity (Wildman–Crippen MR) is 185 cm³/mol. The molecule has 0 saturated carbocycles. The summed E-state index contributed by atoms with van der Waals surface area (Å²) in [5.41, 5.74) is 7.36. The van der Waals surface area contributed by atoms with Gasteiger partial charge in [-0.3, -0.25) is 9.36 Å². The summed E-state index contributed by atoms with van der Waals surface area (Å²) in [4.78, 5) is 19.9. The molecule has 1 unspecified atom stereocenters. The summed E-state index contributed by atoms with van der Waals surface area (Å²) in [7, 11) is 1.59. The highest BCUT2D eigenvalue weighted by molar-refractivity contribution is 14.1. The van der Waals surface area contributed by atoms with Crippen molar-refractivity contribution in [3.63, 3.8) is 0 Å². The Morgan fingerprint density at radius 2 is 1.87 bits per heavy atom. The minimum atomic E-state index is -0.345. The van der Waals surface area contributed by atoms with Crippen LogP contribution in [0.1, 0.15) is 45.8 Å². The van der Waals surface area contributed by atoms with E-state index in [2.05, 4.69) is 46.9 Å². The molecule has 2 aliphatic rings. The van der Waals surface area contributed by atoms with Gasteiger partial charge < -0.3 is 9.47 Å². The van der Waals surface area contributed by atoms with Gasteiger partial charge in [0.25, 0.3) is 5.56 Å². The molecule has 9 heteroatoms. The Morgan fingerprint density at radius 1 is 1.09 bits per heavy atom. The van der Waals surface area contributed by atoms with Gasteiger partial charge in [0.15, 0.2) is 16.3 Å². The zero-order valence-corrected chi connectivity index (χ0v) is 27.8. The number of nitriles is 1. The number of ether oxygens (including phenoxy) is 2. The summed E-state index contributed by atoms with van der Waals surface area (Å²) >= 11 is 10.4. The van der Waals surface area contributed by atoms with Crippen LogP contribution in [-0.2, 0) is 13.0 Å². The second-order valence-electron chi connectivity index (χ2n) is 10.7. The lowest BCUT2D eigenvalue weighted by Gasteiger charge is -2.31. The number of aromatic nitrogens is 1. The molecule has 1 aliphatic carbocycles. The summed E-state index contributed by atoms with van der Waals surface area (Å²) in [6.07, 6.45) is 3.56. The maximum atomic E-state index is 14.2. The molecule has 4 aromatic carbocycles. The first-order valence-electron chi connectivity index (χ1n) is 14.3. The molecule has 0 fully saturated rings. The van der Waals surface area contributed by atoms with Gasteiger partial charge in [0, 0.05) is 16.1 Å². The predicted octanol–water partition coefficient (Wildman–Crippen LogP) is 7.04. The number of methoxy groups -OCH3 is 1.